The Morgan fingerprint density at radius 2 is 2.14 bits per heavy atom. The molecule has 6 heteroatoms. The van der Waals surface area contributed by atoms with Gasteiger partial charge in [-0.1, -0.05) is 0 Å². The van der Waals surface area contributed by atoms with Gasteiger partial charge < -0.3 is 4.57 Å². The van der Waals surface area contributed by atoms with Crippen LogP contribution in [0.4, 0.5) is 5.69 Å². The summed E-state index contributed by atoms with van der Waals surface area (Å²) in [6, 6.07) is 1.27. The van der Waals surface area contributed by atoms with Gasteiger partial charge in [-0.3, -0.25) is 19.7 Å². The summed E-state index contributed by atoms with van der Waals surface area (Å²) < 4.78 is 1.06. The zero-order chi connectivity index (χ0) is 10.9. The van der Waals surface area contributed by atoms with E-state index in [0.29, 0.717) is 0 Å². The highest BCUT2D eigenvalue weighted by molar-refractivity contribution is 5.97. The Balaban J connectivity index is 3.62. The summed E-state index contributed by atoms with van der Waals surface area (Å²) in [6.07, 6.45) is 1.33. The predicted octanol–water partition coefficient (Wildman–Crippen LogP) is 0.496. The molecule has 0 aliphatic heterocycles. The lowest BCUT2D eigenvalue weighted by Gasteiger charge is -2.00. The first kappa shape index (κ1) is 10.1. The molecule has 6 nitrogen and oxygen atoms in total. The first-order chi connectivity index (χ1) is 6.45. The van der Waals surface area contributed by atoms with Crippen LogP contribution in [0.15, 0.2) is 17.1 Å². The van der Waals surface area contributed by atoms with Crippen LogP contribution in [-0.4, -0.2) is 15.3 Å². The highest BCUT2D eigenvalue weighted by Gasteiger charge is 2.22. The average Bonchev–Trinajstić information content (AvgIpc) is 2.08. The van der Waals surface area contributed by atoms with Gasteiger partial charge in [0.05, 0.1) is 4.92 Å². The molecule has 0 aliphatic carbocycles. The minimum Gasteiger partial charge on any atom is -0.313 e. The molecule has 0 aromatic carbocycles. The Morgan fingerprint density at radius 3 is 2.57 bits per heavy atom. The maximum atomic E-state index is 11.3. The fourth-order valence-corrected chi connectivity index (χ4v) is 1.08. The van der Waals surface area contributed by atoms with Crippen LogP contribution in [0.3, 0.4) is 0 Å². The number of rotatable bonds is 2. The smallest absolute Gasteiger partial charge is 0.313 e. The van der Waals surface area contributed by atoms with E-state index >= 15 is 0 Å². The zero-order valence-electron chi connectivity index (χ0n) is 7.68. The Labute approximate surface area is 78.9 Å². The molecule has 74 valence electrons. The first-order valence-electron chi connectivity index (χ1n) is 3.80. The van der Waals surface area contributed by atoms with Crippen LogP contribution in [0.1, 0.15) is 17.3 Å². The van der Waals surface area contributed by atoms with Gasteiger partial charge in [0.2, 0.25) is 0 Å². The number of nitro groups is 1. The van der Waals surface area contributed by atoms with Crippen molar-refractivity contribution in [2.24, 2.45) is 7.05 Å². The summed E-state index contributed by atoms with van der Waals surface area (Å²) in [6.45, 7) is 1.18. The molecule has 14 heavy (non-hydrogen) atoms. The van der Waals surface area contributed by atoms with Gasteiger partial charge >= 0.3 is 11.2 Å². The van der Waals surface area contributed by atoms with Crippen LogP contribution in [0.5, 0.6) is 0 Å². The number of aromatic nitrogens is 1. The minimum absolute atomic E-state index is 0.155. The summed E-state index contributed by atoms with van der Waals surface area (Å²) >= 11 is 0. The van der Waals surface area contributed by atoms with E-state index in [0.717, 1.165) is 4.57 Å². The van der Waals surface area contributed by atoms with Crippen LogP contribution in [-0.2, 0) is 7.05 Å². The number of carbonyl (C=O) groups is 1. The van der Waals surface area contributed by atoms with E-state index in [4.69, 9.17) is 0 Å². The Kier molecular flexibility index (Phi) is 2.46. The lowest BCUT2D eigenvalue weighted by atomic mass is 10.1. The molecular formula is C8H8N2O4. The molecule has 0 unspecified atom stereocenters. The predicted molar refractivity (Wildman–Crippen MR) is 48.3 cm³/mol. The van der Waals surface area contributed by atoms with Gasteiger partial charge in [-0.05, 0) is 13.0 Å². The van der Waals surface area contributed by atoms with Crippen LogP contribution in [0, 0.1) is 10.1 Å². The third-order valence-corrected chi connectivity index (χ3v) is 1.80. The van der Waals surface area contributed by atoms with Crippen molar-refractivity contribution in [3.8, 4) is 0 Å². The third kappa shape index (κ3) is 1.54. The van der Waals surface area contributed by atoms with Crippen molar-refractivity contribution in [2.45, 2.75) is 6.92 Å². The highest BCUT2D eigenvalue weighted by atomic mass is 16.6. The molecule has 0 atom stereocenters. The van der Waals surface area contributed by atoms with E-state index in [9.17, 15) is 19.7 Å². The molecule has 0 bridgehead atoms. The number of pyridine rings is 1. The van der Waals surface area contributed by atoms with Crippen LogP contribution in [0.25, 0.3) is 0 Å². The molecule has 1 aromatic rings. The molecule has 0 N–H and O–H groups in total. The second kappa shape index (κ2) is 3.41. The number of carbonyl (C=O) groups excluding carboxylic acids is 1. The van der Waals surface area contributed by atoms with Gasteiger partial charge in [-0.25, -0.2) is 0 Å². The number of aryl methyl sites for hydroxylation is 1. The van der Waals surface area contributed by atoms with Crippen LogP contribution in [0.2, 0.25) is 0 Å². The van der Waals surface area contributed by atoms with Crippen molar-refractivity contribution in [3.05, 3.63) is 38.3 Å². The molecule has 1 rings (SSSR count). The number of ketones is 1. The molecule has 0 saturated heterocycles. The lowest BCUT2D eigenvalue weighted by molar-refractivity contribution is -0.386. The molecule has 1 aromatic heterocycles. The second-order valence-electron chi connectivity index (χ2n) is 2.81. The van der Waals surface area contributed by atoms with Crippen molar-refractivity contribution in [1.82, 2.24) is 4.57 Å². The fourth-order valence-electron chi connectivity index (χ4n) is 1.08. The van der Waals surface area contributed by atoms with Gasteiger partial charge in [0.1, 0.15) is 5.56 Å². The van der Waals surface area contributed by atoms with Crippen molar-refractivity contribution >= 4 is 11.5 Å². The van der Waals surface area contributed by atoms with Crippen molar-refractivity contribution < 1.29 is 9.72 Å². The number of hydrogen-bond donors (Lipinski definition) is 0. The summed E-state index contributed by atoms with van der Waals surface area (Å²) in [7, 11) is 1.39. The van der Waals surface area contributed by atoms with E-state index < -0.39 is 22.0 Å². The molecule has 0 saturated carbocycles. The summed E-state index contributed by atoms with van der Waals surface area (Å²) in [4.78, 5) is 32.0. The minimum atomic E-state index is -0.834. The zero-order valence-corrected chi connectivity index (χ0v) is 7.68. The normalized spacial score (nSPS) is 9.86. The quantitative estimate of drug-likeness (QED) is 0.391. The average molecular weight is 196 g/mol. The Bertz CT molecular complexity index is 461. The monoisotopic (exact) mass is 196 g/mol. The first-order valence-corrected chi connectivity index (χ1v) is 3.80. The van der Waals surface area contributed by atoms with Gasteiger partial charge in [0, 0.05) is 13.2 Å². The summed E-state index contributed by atoms with van der Waals surface area (Å²) in [5, 5.41) is 10.5. The molecule has 0 fully saturated rings. The Morgan fingerprint density at radius 1 is 1.57 bits per heavy atom. The van der Waals surface area contributed by atoms with Gasteiger partial charge in [0.25, 0.3) is 0 Å². The maximum Gasteiger partial charge on any atom is 0.344 e. The van der Waals surface area contributed by atoms with E-state index in [1.165, 1.54) is 26.2 Å². The number of Topliss-reactive ketones (excluding diaryl/α,β-unsaturated/α-hetero) is 1. The molecule has 1 heterocycles. The molecule has 0 spiro atoms. The van der Waals surface area contributed by atoms with Crippen molar-refractivity contribution in [2.75, 3.05) is 0 Å². The van der Waals surface area contributed by atoms with E-state index in [2.05, 4.69) is 0 Å². The third-order valence-electron chi connectivity index (χ3n) is 1.80. The molecule has 0 radical (unpaired) electrons. The molecule has 0 aliphatic rings. The van der Waals surface area contributed by atoms with Gasteiger partial charge in [-0.15, -0.1) is 0 Å². The van der Waals surface area contributed by atoms with E-state index in [1.807, 2.05) is 0 Å². The molecular weight excluding hydrogens is 188 g/mol. The summed E-state index contributed by atoms with van der Waals surface area (Å²) in [5.41, 5.74) is -1.59. The lowest BCUT2D eigenvalue weighted by Crippen LogP contribution is -2.22. The topological polar surface area (TPSA) is 82.2 Å². The summed E-state index contributed by atoms with van der Waals surface area (Å²) in [5.74, 6) is -0.491. The fraction of sp³-hybridized carbons (Fsp3) is 0.250. The molecule has 0 amide bonds. The standard InChI is InChI=1S/C8H8N2O4/c1-5(11)6-3-4-9(2)8(12)7(6)10(13)14/h3-4H,1-2H3. The Hall–Kier alpha value is -1.98. The van der Waals surface area contributed by atoms with Crippen LogP contribution < -0.4 is 5.56 Å². The second-order valence-corrected chi connectivity index (χ2v) is 2.81. The van der Waals surface area contributed by atoms with Crippen molar-refractivity contribution in [3.63, 3.8) is 0 Å². The van der Waals surface area contributed by atoms with Crippen molar-refractivity contribution in [1.29, 1.82) is 0 Å². The largest absolute Gasteiger partial charge is 0.344 e. The maximum absolute atomic E-state index is 11.3. The van der Waals surface area contributed by atoms with Gasteiger partial charge in [0.15, 0.2) is 5.78 Å². The number of hydrogen-bond acceptors (Lipinski definition) is 4. The number of nitrogens with zero attached hydrogens (tertiary/aromatic N) is 2. The van der Waals surface area contributed by atoms with E-state index in [-0.39, 0.29) is 5.56 Å². The van der Waals surface area contributed by atoms with Gasteiger partial charge in [-0.2, -0.15) is 0 Å². The van der Waals surface area contributed by atoms with Crippen LogP contribution >= 0.6 is 0 Å². The van der Waals surface area contributed by atoms with E-state index in [1.54, 1.807) is 0 Å². The highest BCUT2D eigenvalue weighted by Crippen LogP contribution is 2.12. The SMILES string of the molecule is CC(=O)c1ccn(C)c(=O)c1[N+](=O)[O-].